The zero-order valence-electron chi connectivity index (χ0n) is 13.1. The molecular formula is C17H26N2O2. The van der Waals surface area contributed by atoms with Gasteiger partial charge in [-0.05, 0) is 62.7 Å². The topological polar surface area (TPSA) is 35.9 Å². The molecule has 0 aromatic heterocycles. The molecule has 1 aliphatic carbocycles. The molecule has 1 saturated heterocycles. The molecule has 3 rings (SSSR count). The zero-order chi connectivity index (χ0) is 14.8. The van der Waals surface area contributed by atoms with Crippen molar-refractivity contribution >= 4 is 0 Å². The van der Waals surface area contributed by atoms with Crippen LogP contribution in [0, 0.1) is 0 Å². The van der Waals surface area contributed by atoms with Gasteiger partial charge in [0.05, 0.1) is 13.2 Å². The maximum Gasteiger partial charge on any atom is 0.119 e. The molecule has 4 nitrogen and oxygen atoms in total. The molecule has 0 bridgehead atoms. The predicted molar refractivity (Wildman–Crippen MR) is 83.7 cm³/mol. The fraction of sp³-hybridized carbons (Fsp3) is 0.647. The minimum atomic E-state index is -0.404. The van der Waals surface area contributed by atoms with Gasteiger partial charge in [0.2, 0.25) is 0 Å². The summed E-state index contributed by atoms with van der Waals surface area (Å²) in [6.07, 6.45) is 3.19. The molecule has 2 unspecified atom stereocenters. The number of hydrogen-bond acceptors (Lipinski definition) is 4. The summed E-state index contributed by atoms with van der Waals surface area (Å²) in [4.78, 5) is 4.84. The van der Waals surface area contributed by atoms with Crippen molar-refractivity contribution in [3.8, 4) is 5.75 Å². The SMILES string of the molecule is COc1ccc2c(c1)C(O)C(N(C)CCN1CCCC1)C2. The molecule has 0 amide bonds. The third-order valence-corrected chi connectivity index (χ3v) is 5.00. The number of aliphatic hydroxyl groups excluding tert-OH is 1. The lowest BCUT2D eigenvalue weighted by atomic mass is 10.1. The van der Waals surface area contributed by atoms with Crippen LogP contribution in [0.25, 0.3) is 0 Å². The Morgan fingerprint density at radius 3 is 2.81 bits per heavy atom. The van der Waals surface area contributed by atoms with Gasteiger partial charge in [-0.2, -0.15) is 0 Å². The second kappa shape index (κ2) is 6.34. The van der Waals surface area contributed by atoms with Crippen molar-refractivity contribution < 1.29 is 9.84 Å². The summed E-state index contributed by atoms with van der Waals surface area (Å²) >= 11 is 0. The molecule has 1 aliphatic heterocycles. The molecule has 0 spiro atoms. The van der Waals surface area contributed by atoms with Crippen LogP contribution in [0.15, 0.2) is 18.2 Å². The lowest BCUT2D eigenvalue weighted by Crippen LogP contribution is -2.40. The van der Waals surface area contributed by atoms with Crippen molar-refractivity contribution in [2.24, 2.45) is 0 Å². The second-order valence-electron chi connectivity index (χ2n) is 6.31. The number of likely N-dealkylation sites (N-methyl/N-ethyl adjacent to an activating group) is 1. The van der Waals surface area contributed by atoms with Crippen molar-refractivity contribution in [2.75, 3.05) is 40.3 Å². The second-order valence-corrected chi connectivity index (χ2v) is 6.31. The van der Waals surface area contributed by atoms with Gasteiger partial charge in [0.15, 0.2) is 0 Å². The average molecular weight is 290 g/mol. The van der Waals surface area contributed by atoms with Crippen LogP contribution in [0.5, 0.6) is 5.75 Å². The van der Waals surface area contributed by atoms with Gasteiger partial charge in [-0.3, -0.25) is 4.90 Å². The Morgan fingerprint density at radius 2 is 2.10 bits per heavy atom. The maximum absolute atomic E-state index is 10.6. The van der Waals surface area contributed by atoms with E-state index >= 15 is 0 Å². The molecule has 1 aromatic rings. The summed E-state index contributed by atoms with van der Waals surface area (Å²) in [5.41, 5.74) is 2.29. The number of methoxy groups -OCH3 is 1. The molecule has 1 aromatic carbocycles. The van der Waals surface area contributed by atoms with E-state index in [1.54, 1.807) is 7.11 Å². The summed E-state index contributed by atoms with van der Waals surface area (Å²) in [5, 5.41) is 10.6. The molecule has 1 N–H and O–H groups in total. The average Bonchev–Trinajstić information content (AvgIpc) is 3.13. The Balaban J connectivity index is 1.61. The van der Waals surface area contributed by atoms with E-state index in [0.29, 0.717) is 0 Å². The Kier molecular flexibility index (Phi) is 4.48. The fourth-order valence-corrected chi connectivity index (χ4v) is 3.57. The van der Waals surface area contributed by atoms with E-state index in [1.165, 1.54) is 31.5 Å². The monoisotopic (exact) mass is 290 g/mol. The van der Waals surface area contributed by atoms with E-state index in [1.807, 2.05) is 12.1 Å². The first kappa shape index (κ1) is 14.8. The van der Waals surface area contributed by atoms with Crippen LogP contribution in [-0.4, -0.2) is 61.3 Å². The number of benzene rings is 1. The van der Waals surface area contributed by atoms with Gasteiger partial charge in [0.1, 0.15) is 5.75 Å². The van der Waals surface area contributed by atoms with E-state index in [9.17, 15) is 5.11 Å². The largest absolute Gasteiger partial charge is 0.497 e. The normalized spacial score (nSPS) is 25.5. The number of hydrogen-bond donors (Lipinski definition) is 1. The highest BCUT2D eigenvalue weighted by molar-refractivity contribution is 5.41. The van der Waals surface area contributed by atoms with Crippen LogP contribution in [0.1, 0.15) is 30.1 Å². The Hall–Kier alpha value is -1.10. The van der Waals surface area contributed by atoms with Gasteiger partial charge >= 0.3 is 0 Å². The quantitative estimate of drug-likeness (QED) is 0.895. The first-order chi connectivity index (χ1) is 10.2. The summed E-state index contributed by atoms with van der Waals surface area (Å²) in [6, 6.07) is 6.24. The molecule has 21 heavy (non-hydrogen) atoms. The highest BCUT2D eigenvalue weighted by Gasteiger charge is 2.34. The summed E-state index contributed by atoms with van der Waals surface area (Å²) in [6.45, 7) is 4.60. The molecule has 1 heterocycles. The van der Waals surface area contributed by atoms with Crippen molar-refractivity contribution in [2.45, 2.75) is 31.4 Å². The third-order valence-electron chi connectivity index (χ3n) is 5.00. The van der Waals surface area contributed by atoms with E-state index in [0.717, 1.165) is 30.8 Å². The molecular weight excluding hydrogens is 264 g/mol. The Bertz CT molecular complexity index is 486. The van der Waals surface area contributed by atoms with Gasteiger partial charge < -0.3 is 14.7 Å². The van der Waals surface area contributed by atoms with Gasteiger partial charge in [-0.15, -0.1) is 0 Å². The van der Waals surface area contributed by atoms with E-state index in [4.69, 9.17) is 4.74 Å². The number of nitrogens with zero attached hydrogens (tertiary/aromatic N) is 2. The van der Waals surface area contributed by atoms with Gasteiger partial charge in [0, 0.05) is 19.1 Å². The lowest BCUT2D eigenvalue weighted by molar-refractivity contribution is 0.0710. The number of ether oxygens (including phenoxy) is 1. The molecule has 0 saturated carbocycles. The minimum Gasteiger partial charge on any atom is -0.497 e. The van der Waals surface area contributed by atoms with Crippen LogP contribution >= 0.6 is 0 Å². The maximum atomic E-state index is 10.6. The van der Waals surface area contributed by atoms with Crippen molar-refractivity contribution in [3.63, 3.8) is 0 Å². The van der Waals surface area contributed by atoms with Crippen LogP contribution in [0.4, 0.5) is 0 Å². The molecule has 1 fully saturated rings. The van der Waals surface area contributed by atoms with E-state index in [-0.39, 0.29) is 6.04 Å². The first-order valence-electron chi connectivity index (χ1n) is 7.96. The van der Waals surface area contributed by atoms with Crippen LogP contribution in [-0.2, 0) is 6.42 Å². The van der Waals surface area contributed by atoms with Crippen LogP contribution in [0.2, 0.25) is 0 Å². The third kappa shape index (κ3) is 3.07. The van der Waals surface area contributed by atoms with Crippen LogP contribution < -0.4 is 4.74 Å². The molecule has 2 atom stereocenters. The van der Waals surface area contributed by atoms with Crippen molar-refractivity contribution in [1.29, 1.82) is 0 Å². The Morgan fingerprint density at radius 1 is 1.33 bits per heavy atom. The molecule has 116 valence electrons. The van der Waals surface area contributed by atoms with Crippen molar-refractivity contribution in [3.05, 3.63) is 29.3 Å². The molecule has 4 heteroatoms. The lowest BCUT2D eigenvalue weighted by Gasteiger charge is -2.29. The Labute approximate surface area is 127 Å². The fourth-order valence-electron chi connectivity index (χ4n) is 3.57. The molecule has 0 radical (unpaired) electrons. The number of likely N-dealkylation sites (tertiary alicyclic amines) is 1. The smallest absolute Gasteiger partial charge is 0.119 e. The first-order valence-corrected chi connectivity index (χ1v) is 7.96. The highest BCUT2D eigenvalue weighted by Crippen LogP contribution is 2.36. The van der Waals surface area contributed by atoms with E-state index < -0.39 is 6.10 Å². The number of fused-ring (bicyclic) bond motifs is 1. The number of rotatable bonds is 5. The van der Waals surface area contributed by atoms with Crippen molar-refractivity contribution in [1.82, 2.24) is 9.80 Å². The van der Waals surface area contributed by atoms with E-state index in [2.05, 4.69) is 22.9 Å². The molecule has 2 aliphatic rings. The minimum absolute atomic E-state index is 0.190. The van der Waals surface area contributed by atoms with Crippen LogP contribution in [0.3, 0.4) is 0 Å². The number of aliphatic hydroxyl groups is 1. The summed E-state index contributed by atoms with van der Waals surface area (Å²) in [7, 11) is 3.80. The predicted octanol–water partition coefficient (Wildman–Crippen LogP) is 1.68. The summed E-state index contributed by atoms with van der Waals surface area (Å²) in [5.74, 6) is 0.827. The zero-order valence-corrected chi connectivity index (χ0v) is 13.1. The standard InChI is InChI=1S/C17H26N2O2/c1-18(9-10-19-7-3-4-8-19)16-11-13-5-6-14(21-2)12-15(13)17(16)20/h5-6,12,16-17,20H,3-4,7-11H2,1-2H3. The highest BCUT2D eigenvalue weighted by atomic mass is 16.5. The summed E-state index contributed by atoms with van der Waals surface area (Å²) < 4.78 is 5.27. The van der Waals surface area contributed by atoms with Gasteiger partial charge in [-0.1, -0.05) is 6.07 Å². The van der Waals surface area contributed by atoms with Gasteiger partial charge in [0.25, 0.3) is 0 Å². The van der Waals surface area contributed by atoms with Gasteiger partial charge in [-0.25, -0.2) is 0 Å².